The zero-order valence-corrected chi connectivity index (χ0v) is 39.6. The van der Waals surface area contributed by atoms with Crippen molar-refractivity contribution in [3.05, 3.63) is 36.3 Å². The van der Waals surface area contributed by atoms with Gasteiger partial charge in [0.05, 0.1) is 42.3 Å². The minimum absolute atomic E-state index is 0.0242. The van der Waals surface area contributed by atoms with E-state index in [2.05, 4.69) is 70.5 Å². The molecule has 6 saturated carbocycles. The third kappa shape index (κ3) is 6.39. The lowest BCUT2D eigenvalue weighted by Crippen LogP contribution is -2.67. The SMILES string of the molecule is COc1ccc(-c2cnc(C3CCCN3C(=O)[C@]34CC[C@@H](C(C)C)[C@@H]3[C@H]3CC[C@@H]5[C@@]6(C)CC[C@H](OC(=O)[C@H]7C[C@@H](C(=O)O)C(C)(C)C7)C(C)(C)[C@@H]6CC[C@@]5(C)[C@]3(C)CC4)[nH]2)cc1. The van der Waals surface area contributed by atoms with Crippen LogP contribution in [-0.2, 0) is 19.1 Å². The Kier molecular flexibility index (Phi) is 10.7. The Morgan fingerprint density at radius 2 is 1.60 bits per heavy atom. The van der Waals surface area contributed by atoms with Gasteiger partial charge in [-0.05, 0) is 177 Å². The van der Waals surface area contributed by atoms with Crippen LogP contribution < -0.4 is 4.74 Å². The van der Waals surface area contributed by atoms with E-state index in [1.807, 2.05) is 32.2 Å². The van der Waals surface area contributed by atoms with E-state index in [4.69, 9.17) is 14.5 Å². The number of amides is 1. The van der Waals surface area contributed by atoms with Crippen LogP contribution in [-0.4, -0.2) is 57.6 Å². The third-order valence-electron chi connectivity index (χ3n) is 20.7. The molecule has 2 heterocycles. The van der Waals surface area contributed by atoms with Crippen molar-refractivity contribution in [2.24, 2.45) is 79.8 Å². The number of aromatic nitrogens is 2. The number of rotatable bonds is 8. The van der Waals surface area contributed by atoms with Crippen molar-refractivity contribution in [1.29, 1.82) is 0 Å². The lowest BCUT2D eigenvalue weighted by Gasteiger charge is -2.73. The van der Waals surface area contributed by atoms with Crippen molar-refractivity contribution in [3.63, 3.8) is 0 Å². The number of hydrogen-bond acceptors (Lipinski definition) is 6. The zero-order chi connectivity index (χ0) is 44.4. The molecular formula is C53H77N3O6. The van der Waals surface area contributed by atoms with Crippen molar-refractivity contribution in [3.8, 4) is 17.0 Å². The van der Waals surface area contributed by atoms with E-state index >= 15 is 4.79 Å². The van der Waals surface area contributed by atoms with E-state index in [0.717, 1.165) is 87.2 Å². The number of fused-ring (bicyclic) bond motifs is 7. The summed E-state index contributed by atoms with van der Waals surface area (Å²) in [4.78, 5) is 52.3. The van der Waals surface area contributed by atoms with Crippen LogP contribution in [0, 0.1) is 79.8 Å². The molecule has 0 bridgehead atoms. The number of carboxylic acids is 1. The smallest absolute Gasteiger partial charge is 0.309 e. The second-order valence-electron chi connectivity index (χ2n) is 24.2. The Morgan fingerprint density at radius 3 is 2.27 bits per heavy atom. The largest absolute Gasteiger partial charge is 0.497 e. The number of imidazole rings is 1. The van der Waals surface area contributed by atoms with Gasteiger partial charge in [0.1, 0.15) is 17.7 Å². The Labute approximate surface area is 371 Å². The maximum absolute atomic E-state index is 15.6. The number of nitrogens with one attached hydrogen (secondary N) is 1. The minimum atomic E-state index is -0.805. The van der Waals surface area contributed by atoms with Crippen LogP contribution in [0.15, 0.2) is 30.5 Å². The van der Waals surface area contributed by atoms with Gasteiger partial charge >= 0.3 is 11.9 Å². The molecule has 9 rings (SSSR count). The van der Waals surface area contributed by atoms with E-state index < -0.39 is 17.3 Å². The molecule has 340 valence electrons. The maximum Gasteiger partial charge on any atom is 0.309 e. The standard InChI is InChI=1S/C53H77N3O6/c1-31(2)35-19-24-53(47(60)56-27-11-12-39(56)44-54-30-38(55-44)32-13-15-34(61-10)16-14-32)26-25-51(8)36(43(35)53)17-18-41-50(7)22-21-42(49(5,6)40(50)20-23-52(41,51)9)62-46(59)33-28-37(45(57)58)48(3,4)29-33/h13-16,30-31,33,35-37,39-43H,11-12,17-29H2,1-10H3,(H,54,55)(H,57,58)/t33-,35-,36+,37-,39?,40-,41+,42-,43+,50-,51+,52+,53-/m0/s1. The highest BCUT2D eigenvalue weighted by molar-refractivity contribution is 5.84. The topological polar surface area (TPSA) is 122 Å². The van der Waals surface area contributed by atoms with E-state index in [1.165, 1.54) is 19.3 Å². The molecule has 1 aliphatic heterocycles. The minimum Gasteiger partial charge on any atom is -0.497 e. The van der Waals surface area contributed by atoms with Gasteiger partial charge in [-0.1, -0.05) is 62.3 Å². The van der Waals surface area contributed by atoms with E-state index in [0.29, 0.717) is 54.3 Å². The molecule has 6 aliphatic carbocycles. The molecule has 2 N–H and O–H groups in total. The molecule has 1 aromatic carbocycles. The quantitative estimate of drug-likeness (QED) is 0.254. The van der Waals surface area contributed by atoms with Crippen molar-refractivity contribution in [2.45, 2.75) is 164 Å². The van der Waals surface area contributed by atoms with Crippen molar-refractivity contribution in [1.82, 2.24) is 14.9 Å². The zero-order valence-electron chi connectivity index (χ0n) is 39.6. The Hall–Kier alpha value is -3.36. The van der Waals surface area contributed by atoms with Crippen LogP contribution >= 0.6 is 0 Å². The van der Waals surface area contributed by atoms with Crippen LogP contribution in [0.3, 0.4) is 0 Å². The first-order valence-corrected chi connectivity index (χ1v) is 24.7. The summed E-state index contributed by atoms with van der Waals surface area (Å²) < 4.78 is 11.9. The maximum atomic E-state index is 15.6. The summed E-state index contributed by atoms with van der Waals surface area (Å²) in [5.74, 6) is 3.28. The average molecular weight is 852 g/mol. The van der Waals surface area contributed by atoms with Crippen LogP contribution in [0.1, 0.15) is 164 Å². The highest BCUT2D eigenvalue weighted by Gasteiger charge is 2.72. The molecule has 9 heteroatoms. The van der Waals surface area contributed by atoms with Gasteiger partial charge in [0, 0.05) is 12.0 Å². The van der Waals surface area contributed by atoms with Gasteiger partial charge in [-0.25, -0.2) is 4.98 Å². The molecule has 0 radical (unpaired) electrons. The van der Waals surface area contributed by atoms with Gasteiger partial charge in [-0.15, -0.1) is 0 Å². The van der Waals surface area contributed by atoms with Crippen LogP contribution in [0.25, 0.3) is 11.3 Å². The number of nitrogens with zero attached hydrogens (tertiary/aromatic N) is 2. The predicted molar refractivity (Wildman–Crippen MR) is 241 cm³/mol. The number of benzene rings is 1. The number of aliphatic carboxylic acids is 1. The fraction of sp³-hybridized carbons (Fsp3) is 0.774. The second-order valence-corrected chi connectivity index (χ2v) is 24.2. The Morgan fingerprint density at radius 1 is 0.855 bits per heavy atom. The van der Waals surface area contributed by atoms with Gasteiger partial charge in [-0.3, -0.25) is 14.4 Å². The fourth-order valence-corrected chi connectivity index (χ4v) is 17.3. The molecule has 0 spiro atoms. The molecule has 2 aromatic rings. The molecule has 7 aliphatic rings. The second kappa shape index (κ2) is 15.1. The van der Waals surface area contributed by atoms with Gasteiger partial charge in [-0.2, -0.15) is 0 Å². The van der Waals surface area contributed by atoms with E-state index in [-0.39, 0.29) is 51.1 Å². The number of carbonyl (C=O) groups excluding carboxylic acids is 2. The molecule has 1 amide bonds. The van der Waals surface area contributed by atoms with Crippen molar-refractivity contribution < 1.29 is 29.0 Å². The Balaban J connectivity index is 0.954. The lowest BCUT2D eigenvalue weighted by atomic mass is 9.32. The monoisotopic (exact) mass is 852 g/mol. The van der Waals surface area contributed by atoms with Crippen molar-refractivity contribution in [2.75, 3.05) is 13.7 Å². The Bertz CT molecular complexity index is 2060. The number of hydrogen-bond donors (Lipinski definition) is 2. The molecule has 62 heavy (non-hydrogen) atoms. The number of esters is 1. The van der Waals surface area contributed by atoms with E-state index in [9.17, 15) is 14.7 Å². The van der Waals surface area contributed by atoms with Gasteiger partial charge < -0.3 is 24.5 Å². The summed E-state index contributed by atoms with van der Waals surface area (Å²) in [6.07, 6.45) is 15.5. The summed E-state index contributed by atoms with van der Waals surface area (Å²) in [7, 11) is 1.69. The molecule has 1 saturated heterocycles. The number of carbonyl (C=O) groups is 3. The normalized spacial score (nSPS) is 41.8. The summed E-state index contributed by atoms with van der Waals surface area (Å²) >= 11 is 0. The first kappa shape index (κ1) is 43.9. The highest BCUT2D eigenvalue weighted by Crippen LogP contribution is 2.78. The summed E-state index contributed by atoms with van der Waals surface area (Å²) in [6.45, 7) is 22.3. The molecule has 1 aromatic heterocycles. The summed E-state index contributed by atoms with van der Waals surface area (Å²) in [5.41, 5.74) is 1.54. The highest BCUT2D eigenvalue weighted by atomic mass is 16.5. The number of carboxylic acid groups (broad SMARTS) is 1. The number of aromatic amines is 1. The third-order valence-corrected chi connectivity index (χ3v) is 20.7. The number of likely N-dealkylation sites (tertiary alicyclic amines) is 1. The molecule has 9 nitrogen and oxygen atoms in total. The van der Waals surface area contributed by atoms with Crippen LogP contribution in [0.5, 0.6) is 5.75 Å². The van der Waals surface area contributed by atoms with Gasteiger partial charge in [0.25, 0.3) is 0 Å². The lowest BCUT2D eigenvalue weighted by molar-refractivity contribution is -0.251. The van der Waals surface area contributed by atoms with E-state index in [1.54, 1.807) is 7.11 Å². The predicted octanol–water partition coefficient (Wildman–Crippen LogP) is 11.5. The summed E-state index contributed by atoms with van der Waals surface area (Å²) in [6, 6.07) is 8.05. The molecular weight excluding hydrogens is 775 g/mol. The van der Waals surface area contributed by atoms with Gasteiger partial charge in [0.2, 0.25) is 5.91 Å². The molecule has 13 atom stereocenters. The van der Waals surface area contributed by atoms with Crippen LogP contribution in [0.2, 0.25) is 0 Å². The number of H-pyrrole nitrogens is 1. The molecule has 7 fully saturated rings. The first-order chi connectivity index (χ1) is 29.2. The average Bonchev–Trinajstić information content (AvgIpc) is 4.04. The van der Waals surface area contributed by atoms with Crippen LogP contribution in [0.4, 0.5) is 0 Å². The fourth-order valence-electron chi connectivity index (χ4n) is 17.3. The number of methoxy groups -OCH3 is 1. The first-order valence-electron chi connectivity index (χ1n) is 24.7. The molecule has 1 unspecified atom stereocenters. The van der Waals surface area contributed by atoms with Gasteiger partial charge in [0.15, 0.2) is 0 Å². The van der Waals surface area contributed by atoms with Crippen molar-refractivity contribution >= 4 is 17.8 Å². The number of ether oxygens (including phenoxy) is 2. The summed E-state index contributed by atoms with van der Waals surface area (Å²) in [5, 5.41) is 9.90.